The zero-order chi connectivity index (χ0) is 10.7. The second kappa shape index (κ2) is 4.64. The van der Waals surface area contributed by atoms with Crippen LogP contribution in [-0.2, 0) is 0 Å². The number of nitrogens with two attached hydrogens (primary N) is 1. The number of benzene rings is 1. The Morgan fingerprint density at radius 2 is 2.00 bits per heavy atom. The molecule has 15 heavy (non-hydrogen) atoms. The highest BCUT2D eigenvalue weighted by atomic mass is 16.5. The molecule has 1 aromatic rings. The number of hydrogen-bond donors (Lipinski definition) is 2. The van der Waals surface area contributed by atoms with Crippen molar-refractivity contribution in [3.05, 3.63) is 29.8 Å². The summed E-state index contributed by atoms with van der Waals surface area (Å²) < 4.78 is 5.61. The van der Waals surface area contributed by atoms with Gasteiger partial charge in [0.1, 0.15) is 5.75 Å². The fourth-order valence-corrected chi connectivity index (χ4v) is 1.47. The van der Waals surface area contributed by atoms with E-state index >= 15 is 0 Å². The van der Waals surface area contributed by atoms with Gasteiger partial charge in [-0.1, -0.05) is 12.1 Å². The Morgan fingerprint density at radius 1 is 1.33 bits per heavy atom. The lowest BCUT2D eigenvalue weighted by Crippen LogP contribution is -2.06. The van der Waals surface area contributed by atoms with Gasteiger partial charge in [0.25, 0.3) is 0 Å². The number of ether oxygens (including phenoxy) is 1. The molecule has 0 heterocycles. The van der Waals surface area contributed by atoms with Crippen LogP contribution in [0.2, 0.25) is 0 Å². The van der Waals surface area contributed by atoms with Crippen molar-refractivity contribution >= 4 is 0 Å². The maximum absolute atomic E-state index is 9.68. The molecule has 0 spiro atoms. The SMILES string of the molecule is NCCC(O)c1ccc(OC2CC2)cc1. The summed E-state index contributed by atoms with van der Waals surface area (Å²) >= 11 is 0. The van der Waals surface area contributed by atoms with Crippen LogP contribution in [0.5, 0.6) is 5.75 Å². The molecule has 1 aliphatic rings. The molecular formula is C12H17NO2. The molecular weight excluding hydrogens is 190 g/mol. The van der Waals surface area contributed by atoms with Gasteiger partial charge in [0.05, 0.1) is 12.2 Å². The Bertz CT molecular complexity index is 306. The second-order valence-corrected chi connectivity index (χ2v) is 3.98. The maximum Gasteiger partial charge on any atom is 0.119 e. The van der Waals surface area contributed by atoms with Crippen molar-refractivity contribution in [3.63, 3.8) is 0 Å². The molecule has 3 nitrogen and oxygen atoms in total. The Balaban J connectivity index is 1.95. The van der Waals surface area contributed by atoms with E-state index in [2.05, 4.69) is 0 Å². The summed E-state index contributed by atoms with van der Waals surface area (Å²) in [4.78, 5) is 0. The molecule has 1 aromatic carbocycles. The summed E-state index contributed by atoms with van der Waals surface area (Å²) in [6.07, 6.45) is 2.90. The molecule has 1 unspecified atom stereocenters. The summed E-state index contributed by atoms with van der Waals surface area (Å²) in [6, 6.07) is 7.62. The molecule has 0 bridgehead atoms. The lowest BCUT2D eigenvalue weighted by molar-refractivity contribution is 0.170. The molecule has 1 atom stereocenters. The topological polar surface area (TPSA) is 55.5 Å². The molecule has 0 amide bonds. The number of hydrogen-bond acceptors (Lipinski definition) is 3. The summed E-state index contributed by atoms with van der Waals surface area (Å²) in [5, 5.41) is 9.68. The average molecular weight is 207 g/mol. The second-order valence-electron chi connectivity index (χ2n) is 3.98. The maximum atomic E-state index is 9.68. The fourth-order valence-electron chi connectivity index (χ4n) is 1.47. The van der Waals surface area contributed by atoms with Crippen LogP contribution in [0.4, 0.5) is 0 Å². The van der Waals surface area contributed by atoms with Gasteiger partial charge in [-0.3, -0.25) is 0 Å². The molecule has 1 saturated carbocycles. The fraction of sp³-hybridized carbons (Fsp3) is 0.500. The van der Waals surface area contributed by atoms with Crippen LogP contribution >= 0.6 is 0 Å². The summed E-state index contributed by atoms with van der Waals surface area (Å²) in [6.45, 7) is 0.501. The first-order chi connectivity index (χ1) is 7.29. The zero-order valence-corrected chi connectivity index (χ0v) is 8.73. The molecule has 1 fully saturated rings. The summed E-state index contributed by atoms with van der Waals surface area (Å²) in [5.74, 6) is 0.890. The van der Waals surface area contributed by atoms with Crippen molar-refractivity contribution < 1.29 is 9.84 Å². The van der Waals surface area contributed by atoms with E-state index in [0.717, 1.165) is 24.2 Å². The summed E-state index contributed by atoms with van der Waals surface area (Å²) in [5.41, 5.74) is 6.29. The molecule has 3 N–H and O–H groups in total. The third kappa shape index (κ3) is 2.94. The van der Waals surface area contributed by atoms with Crippen LogP contribution in [-0.4, -0.2) is 17.8 Å². The van der Waals surface area contributed by atoms with Gasteiger partial charge < -0.3 is 15.6 Å². The molecule has 0 radical (unpaired) electrons. The molecule has 3 heteroatoms. The van der Waals surface area contributed by atoms with E-state index in [1.807, 2.05) is 24.3 Å². The van der Waals surface area contributed by atoms with Crippen molar-refractivity contribution in [2.24, 2.45) is 5.73 Å². The summed E-state index contributed by atoms with van der Waals surface area (Å²) in [7, 11) is 0. The van der Waals surface area contributed by atoms with Crippen LogP contribution in [0, 0.1) is 0 Å². The standard InChI is InChI=1S/C12H17NO2/c13-8-7-12(14)9-1-3-10(4-2-9)15-11-5-6-11/h1-4,11-12,14H,5-8,13H2. The van der Waals surface area contributed by atoms with Gasteiger partial charge in [0.2, 0.25) is 0 Å². The van der Waals surface area contributed by atoms with Gasteiger partial charge in [-0.2, -0.15) is 0 Å². The van der Waals surface area contributed by atoms with Crippen LogP contribution < -0.4 is 10.5 Å². The molecule has 0 aliphatic heterocycles. The normalized spacial score (nSPS) is 17.5. The number of aliphatic hydroxyl groups is 1. The van der Waals surface area contributed by atoms with E-state index in [4.69, 9.17) is 10.5 Å². The predicted octanol–water partition coefficient (Wildman–Crippen LogP) is 1.61. The van der Waals surface area contributed by atoms with Crippen molar-refractivity contribution in [3.8, 4) is 5.75 Å². The Labute approximate surface area is 89.9 Å². The van der Waals surface area contributed by atoms with Gasteiger partial charge in [0.15, 0.2) is 0 Å². The molecule has 82 valence electrons. The van der Waals surface area contributed by atoms with E-state index in [0.29, 0.717) is 19.1 Å². The molecule has 2 rings (SSSR count). The van der Waals surface area contributed by atoms with Crippen molar-refractivity contribution in [2.45, 2.75) is 31.5 Å². The lowest BCUT2D eigenvalue weighted by Gasteiger charge is -2.10. The minimum atomic E-state index is -0.454. The average Bonchev–Trinajstić information content (AvgIpc) is 3.03. The van der Waals surface area contributed by atoms with Crippen LogP contribution in [0.3, 0.4) is 0 Å². The Morgan fingerprint density at radius 3 is 2.53 bits per heavy atom. The minimum Gasteiger partial charge on any atom is -0.490 e. The van der Waals surface area contributed by atoms with E-state index in [1.54, 1.807) is 0 Å². The first-order valence-corrected chi connectivity index (χ1v) is 5.44. The number of aliphatic hydroxyl groups excluding tert-OH is 1. The van der Waals surface area contributed by atoms with Crippen LogP contribution in [0.25, 0.3) is 0 Å². The molecule has 0 saturated heterocycles. The highest BCUT2D eigenvalue weighted by Crippen LogP contribution is 2.27. The van der Waals surface area contributed by atoms with E-state index in [9.17, 15) is 5.11 Å². The molecule has 1 aliphatic carbocycles. The zero-order valence-electron chi connectivity index (χ0n) is 8.73. The highest BCUT2D eigenvalue weighted by molar-refractivity contribution is 5.29. The first kappa shape index (κ1) is 10.5. The first-order valence-electron chi connectivity index (χ1n) is 5.44. The lowest BCUT2D eigenvalue weighted by atomic mass is 10.1. The van der Waals surface area contributed by atoms with E-state index in [-0.39, 0.29) is 0 Å². The van der Waals surface area contributed by atoms with Gasteiger partial charge >= 0.3 is 0 Å². The van der Waals surface area contributed by atoms with Gasteiger partial charge in [-0.15, -0.1) is 0 Å². The van der Waals surface area contributed by atoms with Gasteiger partial charge in [-0.05, 0) is 43.5 Å². The predicted molar refractivity (Wildman–Crippen MR) is 58.7 cm³/mol. The third-order valence-electron chi connectivity index (χ3n) is 2.53. The quantitative estimate of drug-likeness (QED) is 0.771. The van der Waals surface area contributed by atoms with E-state index in [1.165, 1.54) is 0 Å². The van der Waals surface area contributed by atoms with Crippen molar-refractivity contribution in [1.82, 2.24) is 0 Å². The van der Waals surface area contributed by atoms with Crippen molar-refractivity contribution in [1.29, 1.82) is 0 Å². The van der Waals surface area contributed by atoms with Crippen LogP contribution in [0.15, 0.2) is 24.3 Å². The third-order valence-corrected chi connectivity index (χ3v) is 2.53. The van der Waals surface area contributed by atoms with Gasteiger partial charge in [0, 0.05) is 0 Å². The Kier molecular flexibility index (Phi) is 3.23. The van der Waals surface area contributed by atoms with Gasteiger partial charge in [-0.25, -0.2) is 0 Å². The Hall–Kier alpha value is -1.06. The number of rotatable bonds is 5. The largest absolute Gasteiger partial charge is 0.490 e. The monoisotopic (exact) mass is 207 g/mol. The van der Waals surface area contributed by atoms with E-state index < -0.39 is 6.10 Å². The van der Waals surface area contributed by atoms with Crippen LogP contribution in [0.1, 0.15) is 30.9 Å². The van der Waals surface area contributed by atoms with Crippen molar-refractivity contribution in [2.75, 3.05) is 6.54 Å². The molecule has 0 aromatic heterocycles. The highest BCUT2D eigenvalue weighted by Gasteiger charge is 2.23. The smallest absolute Gasteiger partial charge is 0.119 e. The minimum absolute atomic E-state index is 0.421.